The zero-order chi connectivity index (χ0) is 16.9. The van der Waals surface area contributed by atoms with Crippen molar-refractivity contribution in [2.24, 2.45) is 5.41 Å². The van der Waals surface area contributed by atoms with Crippen molar-refractivity contribution in [3.05, 3.63) is 65.7 Å². The van der Waals surface area contributed by atoms with Gasteiger partial charge in [0.1, 0.15) is 6.07 Å². The van der Waals surface area contributed by atoms with Gasteiger partial charge in [0.15, 0.2) is 5.78 Å². The molecule has 0 heterocycles. The number of carbonyl (C=O) groups excluding carboxylic acids is 1. The summed E-state index contributed by atoms with van der Waals surface area (Å²) < 4.78 is 0. The molecule has 0 amide bonds. The van der Waals surface area contributed by atoms with Gasteiger partial charge in [0.05, 0.1) is 5.57 Å². The van der Waals surface area contributed by atoms with E-state index in [9.17, 15) is 10.1 Å². The third-order valence-corrected chi connectivity index (χ3v) is 3.33. The number of carbonyl (C=O) groups is 1. The average Bonchev–Trinajstić information content (AvgIpc) is 2.53. The van der Waals surface area contributed by atoms with Crippen LogP contribution in [0.5, 0.6) is 0 Å². The fraction of sp³-hybridized carbons (Fsp3) is 0.200. The predicted molar refractivity (Wildman–Crippen MR) is 94.2 cm³/mol. The Balaban J connectivity index is 2.17. The van der Waals surface area contributed by atoms with Crippen molar-refractivity contribution >= 4 is 23.2 Å². The molecule has 23 heavy (non-hydrogen) atoms. The SMILES string of the molecule is CC(C)(C)C(=O)/C(C#N)=C/c1ccc(Nc2ccccc2)cc1. The second-order valence-electron chi connectivity index (χ2n) is 6.36. The molecule has 0 aromatic heterocycles. The van der Waals surface area contributed by atoms with Gasteiger partial charge in [-0.25, -0.2) is 0 Å². The largest absolute Gasteiger partial charge is 0.356 e. The van der Waals surface area contributed by atoms with Crippen LogP contribution in [0.1, 0.15) is 26.3 Å². The predicted octanol–water partition coefficient (Wildman–Crippen LogP) is 4.95. The molecule has 0 atom stereocenters. The number of Topliss-reactive ketones (excluding diaryl/α,β-unsaturated/α-hetero) is 1. The lowest BCUT2D eigenvalue weighted by atomic mass is 9.86. The molecule has 3 nitrogen and oxygen atoms in total. The van der Waals surface area contributed by atoms with Crippen molar-refractivity contribution in [1.82, 2.24) is 0 Å². The molecule has 2 aromatic rings. The summed E-state index contributed by atoms with van der Waals surface area (Å²) in [6.45, 7) is 5.44. The number of nitrogens with one attached hydrogen (secondary N) is 1. The second-order valence-corrected chi connectivity index (χ2v) is 6.36. The topological polar surface area (TPSA) is 52.9 Å². The smallest absolute Gasteiger partial charge is 0.178 e. The van der Waals surface area contributed by atoms with E-state index < -0.39 is 5.41 Å². The molecule has 0 fully saturated rings. The Kier molecular flexibility index (Phi) is 4.98. The van der Waals surface area contributed by atoms with E-state index in [1.54, 1.807) is 6.08 Å². The second kappa shape index (κ2) is 6.93. The molecule has 0 bridgehead atoms. The number of hydrogen-bond acceptors (Lipinski definition) is 3. The first-order valence-corrected chi connectivity index (χ1v) is 7.49. The van der Waals surface area contributed by atoms with Crippen LogP contribution in [-0.4, -0.2) is 5.78 Å². The highest BCUT2D eigenvalue weighted by Crippen LogP contribution is 2.22. The molecular formula is C20H20N2O. The Morgan fingerprint density at radius 3 is 2.09 bits per heavy atom. The van der Waals surface area contributed by atoms with Crippen LogP contribution < -0.4 is 5.32 Å². The van der Waals surface area contributed by atoms with Gasteiger partial charge < -0.3 is 5.32 Å². The first-order chi connectivity index (χ1) is 10.9. The highest BCUT2D eigenvalue weighted by molar-refractivity contribution is 6.06. The summed E-state index contributed by atoms with van der Waals surface area (Å²) in [4.78, 5) is 12.2. The number of nitrogens with zero attached hydrogens (tertiary/aromatic N) is 1. The molecule has 3 heteroatoms. The molecule has 116 valence electrons. The number of rotatable bonds is 4. The summed E-state index contributed by atoms with van der Waals surface area (Å²) in [5, 5.41) is 12.5. The molecule has 0 saturated carbocycles. The zero-order valence-electron chi connectivity index (χ0n) is 13.6. The standard InChI is InChI=1S/C20H20N2O/c1-20(2,3)19(23)16(14-21)13-15-9-11-18(12-10-15)22-17-7-5-4-6-8-17/h4-13,22H,1-3H3/b16-13+. The lowest BCUT2D eigenvalue weighted by molar-refractivity contribution is -0.121. The lowest BCUT2D eigenvalue weighted by Gasteiger charge is -2.15. The highest BCUT2D eigenvalue weighted by atomic mass is 16.1. The number of hydrogen-bond donors (Lipinski definition) is 1. The third kappa shape index (κ3) is 4.55. The fourth-order valence-electron chi connectivity index (χ4n) is 2.07. The monoisotopic (exact) mass is 304 g/mol. The minimum Gasteiger partial charge on any atom is -0.356 e. The van der Waals surface area contributed by atoms with Crippen LogP contribution in [0, 0.1) is 16.7 Å². The molecule has 2 aromatic carbocycles. The number of ketones is 1. The lowest BCUT2D eigenvalue weighted by Crippen LogP contribution is -2.21. The van der Waals surface area contributed by atoms with E-state index in [-0.39, 0.29) is 11.4 Å². The van der Waals surface area contributed by atoms with Crippen molar-refractivity contribution in [3.8, 4) is 6.07 Å². The van der Waals surface area contributed by atoms with Gasteiger partial charge in [0.25, 0.3) is 0 Å². The number of allylic oxidation sites excluding steroid dienone is 1. The van der Waals surface area contributed by atoms with Gasteiger partial charge in [-0.2, -0.15) is 5.26 Å². The highest BCUT2D eigenvalue weighted by Gasteiger charge is 2.24. The van der Waals surface area contributed by atoms with E-state index in [2.05, 4.69) is 5.32 Å². The summed E-state index contributed by atoms with van der Waals surface area (Å²) >= 11 is 0. The van der Waals surface area contributed by atoms with Gasteiger partial charge >= 0.3 is 0 Å². The third-order valence-electron chi connectivity index (χ3n) is 3.33. The molecule has 0 radical (unpaired) electrons. The minimum atomic E-state index is -0.559. The summed E-state index contributed by atoms with van der Waals surface area (Å²) in [6, 6.07) is 19.5. The summed E-state index contributed by atoms with van der Waals surface area (Å²) in [7, 11) is 0. The van der Waals surface area contributed by atoms with Crippen molar-refractivity contribution in [1.29, 1.82) is 5.26 Å². The van der Waals surface area contributed by atoms with Gasteiger partial charge in [0, 0.05) is 16.8 Å². The molecule has 1 N–H and O–H groups in total. The van der Waals surface area contributed by atoms with Crippen LogP contribution in [0.4, 0.5) is 11.4 Å². The Hall–Kier alpha value is -2.86. The van der Waals surface area contributed by atoms with Crippen LogP contribution in [0.25, 0.3) is 6.08 Å². The summed E-state index contributed by atoms with van der Waals surface area (Å²) in [6.07, 6.45) is 1.64. The van der Waals surface area contributed by atoms with Gasteiger partial charge in [0.2, 0.25) is 0 Å². The molecule has 0 aliphatic heterocycles. The number of anilines is 2. The van der Waals surface area contributed by atoms with Gasteiger partial charge in [-0.15, -0.1) is 0 Å². The van der Waals surface area contributed by atoms with E-state index >= 15 is 0 Å². The van der Waals surface area contributed by atoms with Crippen LogP contribution in [-0.2, 0) is 4.79 Å². The van der Waals surface area contributed by atoms with Gasteiger partial charge in [-0.1, -0.05) is 51.1 Å². The minimum absolute atomic E-state index is 0.147. The maximum Gasteiger partial charge on any atom is 0.178 e. The normalized spacial score (nSPS) is 11.7. The van der Waals surface area contributed by atoms with Crippen molar-refractivity contribution in [2.45, 2.75) is 20.8 Å². The number of nitriles is 1. The van der Waals surface area contributed by atoms with E-state index in [0.717, 1.165) is 16.9 Å². The maximum absolute atomic E-state index is 12.2. The quantitative estimate of drug-likeness (QED) is 0.642. The fourth-order valence-corrected chi connectivity index (χ4v) is 2.07. The van der Waals surface area contributed by atoms with Gasteiger partial charge in [-0.05, 0) is 35.9 Å². The Labute approximate surface area is 137 Å². The molecule has 0 aliphatic rings. The van der Waals surface area contributed by atoms with E-state index in [0.29, 0.717) is 0 Å². The molecule has 2 rings (SSSR count). The first kappa shape index (κ1) is 16.5. The van der Waals surface area contributed by atoms with Gasteiger partial charge in [-0.3, -0.25) is 4.79 Å². The van der Waals surface area contributed by atoms with Crippen molar-refractivity contribution in [2.75, 3.05) is 5.32 Å². The Morgan fingerprint density at radius 1 is 1.00 bits per heavy atom. The molecule has 0 unspecified atom stereocenters. The molecule has 0 spiro atoms. The molecule has 0 saturated heterocycles. The van der Waals surface area contributed by atoms with Crippen LogP contribution in [0.15, 0.2) is 60.2 Å². The Bertz CT molecular complexity index is 745. The average molecular weight is 304 g/mol. The maximum atomic E-state index is 12.2. The van der Waals surface area contributed by atoms with E-state index in [1.165, 1.54) is 0 Å². The number of para-hydroxylation sites is 1. The van der Waals surface area contributed by atoms with E-state index in [4.69, 9.17) is 0 Å². The molecule has 0 aliphatic carbocycles. The Morgan fingerprint density at radius 2 is 1.57 bits per heavy atom. The summed E-state index contributed by atoms with van der Waals surface area (Å²) in [5.41, 5.74) is 2.42. The van der Waals surface area contributed by atoms with Crippen LogP contribution >= 0.6 is 0 Å². The van der Waals surface area contributed by atoms with Crippen molar-refractivity contribution in [3.63, 3.8) is 0 Å². The molecular weight excluding hydrogens is 284 g/mol. The van der Waals surface area contributed by atoms with Crippen LogP contribution in [0.3, 0.4) is 0 Å². The summed E-state index contributed by atoms with van der Waals surface area (Å²) in [5.74, 6) is -0.147. The van der Waals surface area contributed by atoms with Crippen LogP contribution in [0.2, 0.25) is 0 Å². The van der Waals surface area contributed by atoms with E-state index in [1.807, 2.05) is 81.4 Å². The van der Waals surface area contributed by atoms with Crippen molar-refractivity contribution < 1.29 is 4.79 Å². The number of benzene rings is 2. The first-order valence-electron chi connectivity index (χ1n) is 7.49. The zero-order valence-corrected chi connectivity index (χ0v) is 13.6.